The zero-order valence-electron chi connectivity index (χ0n) is 12.1. The Labute approximate surface area is 118 Å². The summed E-state index contributed by atoms with van der Waals surface area (Å²) in [5, 5.41) is 2.67. The second-order valence-electron chi connectivity index (χ2n) is 4.67. The molecule has 6 nitrogen and oxygen atoms in total. The number of nitrogen functional groups attached to an aromatic ring is 1. The van der Waals surface area contributed by atoms with Gasteiger partial charge in [-0.05, 0) is 39.0 Å². The maximum Gasteiger partial charge on any atom is 0.338 e. The van der Waals surface area contributed by atoms with Gasteiger partial charge in [-0.1, -0.05) is 0 Å². The van der Waals surface area contributed by atoms with E-state index in [9.17, 15) is 9.59 Å². The van der Waals surface area contributed by atoms with Crippen LogP contribution in [-0.4, -0.2) is 31.1 Å². The summed E-state index contributed by atoms with van der Waals surface area (Å²) >= 11 is 0. The van der Waals surface area contributed by atoms with Gasteiger partial charge in [-0.3, -0.25) is 4.79 Å². The lowest BCUT2D eigenvalue weighted by atomic mass is 10.2. The first-order valence-electron chi connectivity index (χ1n) is 6.30. The number of carbonyl (C=O) groups is 2. The predicted molar refractivity (Wildman–Crippen MR) is 75.6 cm³/mol. The van der Waals surface area contributed by atoms with Crippen molar-refractivity contribution < 1.29 is 19.1 Å². The van der Waals surface area contributed by atoms with Crippen LogP contribution < -0.4 is 15.8 Å². The maximum absolute atomic E-state index is 11.9. The zero-order chi connectivity index (χ0) is 15.3. The normalized spacial score (nSPS) is 11.8. The summed E-state index contributed by atoms with van der Waals surface area (Å²) in [5.74, 6) is -0.465. The maximum atomic E-state index is 11.9. The number of benzene rings is 1. The highest BCUT2D eigenvalue weighted by Crippen LogP contribution is 2.22. The van der Waals surface area contributed by atoms with Gasteiger partial charge in [0.2, 0.25) is 0 Å². The summed E-state index contributed by atoms with van der Waals surface area (Å²) in [6.07, 6.45) is -0.867. The quantitative estimate of drug-likeness (QED) is 0.627. The molecule has 110 valence electrons. The van der Waals surface area contributed by atoms with Crippen LogP contribution in [0.1, 0.15) is 31.1 Å². The van der Waals surface area contributed by atoms with Crippen molar-refractivity contribution in [1.82, 2.24) is 5.32 Å². The Balaban J connectivity index is 2.71. The molecule has 1 aromatic carbocycles. The molecule has 1 aromatic rings. The van der Waals surface area contributed by atoms with E-state index in [1.807, 2.05) is 13.8 Å². The summed E-state index contributed by atoms with van der Waals surface area (Å²) in [5.41, 5.74) is 6.32. The molecule has 1 rings (SSSR count). The van der Waals surface area contributed by atoms with Crippen molar-refractivity contribution in [2.24, 2.45) is 0 Å². The molecular formula is C14H20N2O4. The first kappa shape index (κ1) is 15.8. The third-order valence-corrected chi connectivity index (χ3v) is 2.55. The molecule has 0 bridgehead atoms. The van der Waals surface area contributed by atoms with Crippen LogP contribution in [0.3, 0.4) is 0 Å². The lowest BCUT2D eigenvalue weighted by molar-refractivity contribution is -0.129. The molecule has 0 spiro atoms. The highest BCUT2D eigenvalue weighted by molar-refractivity contribution is 5.93. The van der Waals surface area contributed by atoms with Crippen LogP contribution >= 0.6 is 0 Å². The number of hydrogen-bond acceptors (Lipinski definition) is 5. The van der Waals surface area contributed by atoms with Crippen molar-refractivity contribution in [2.75, 3.05) is 12.8 Å². The molecule has 0 saturated heterocycles. The van der Waals surface area contributed by atoms with Crippen molar-refractivity contribution >= 4 is 17.6 Å². The molecule has 1 amide bonds. The van der Waals surface area contributed by atoms with Crippen LogP contribution in [0.2, 0.25) is 0 Å². The molecule has 1 unspecified atom stereocenters. The lowest BCUT2D eigenvalue weighted by Gasteiger charge is -2.15. The van der Waals surface area contributed by atoms with E-state index in [2.05, 4.69) is 5.32 Å². The van der Waals surface area contributed by atoms with Crippen molar-refractivity contribution in [2.45, 2.75) is 32.9 Å². The summed E-state index contributed by atoms with van der Waals surface area (Å²) in [6, 6.07) is 4.55. The molecule has 0 aromatic heterocycles. The molecule has 6 heteroatoms. The monoisotopic (exact) mass is 280 g/mol. The predicted octanol–water partition coefficient (Wildman–Crippen LogP) is 1.35. The van der Waals surface area contributed by atoms with E-state index in [-0.39, 0.29) is 17.5 Å². The van der Waals surface area contributed by atoms with Crippen LogP contribution in [0.25, 0.3) is 0 Å². The van der Waals surface area contributed by atoms with Gasteiger partial charge in [0.1, 0.15) is 5.75 Å². The number of carbonyl (C=O) groups excluding carboxylic acids is 2. The van der Waals surface area contributed by atoms with E-state index < -0.39 is 12.1 Å². The van der Waals surface area contributed by atoms with Crippen LogP contribution in [0.5, 0.6) is 5.75 Å². The number of nitrogens with two attached hydrogens (primary N) is 1. The van der Waals surface area contributed by atoms with Gasteiger partial charge in [-0.25, -0.2) is 4.79 Å². The second kappa shape index (κ2) is 6.79. The number of amides is 1. The zero-order valence-corrected chi connectivity index (χ0v) is 12.1. The van der Waals surface area contributed by atoms with Gasteiger partial charge in [-0.2, -0.15) is 0 Å². The lowest BCUT2D eigenvalue weighted by Crippen LogP contribution is -2.39. The summed E-state index contributed by atoms with van der Waals surface area (Å²) in [7, 11) is 1.49. The van der Waals surface area contributed by atoms with E-state index in [4.69, 9.17) is 15.2 Å². The first-order chi connectivity index (χ1) is 9.35. The van der Waals surface area contributed by atoms with Crippen molar-refractivity contribution in [1.29, 1.82) is 0 Å². The Bertz CT molecular complexity index is 500. The van der Waals surface area contributed by atoms with E-state index in [1.165, 1.54) is 26.2 Å². The Morgan fingerprint density at radius 2 is 1.90 bits per heavy atom. The van der Waals surface area contributed by atoms with Crippen LogP contribution in [0, 0.1) is 0 Å². The minimum atomic E-state index is -0.867. The van der Waals surface area contributed by atoms with Crippen LogP contribution in [0.15, 0.2) is 18.2 Å². The largest absolute Gasteiger partial charge is 0.495 e. The molecule has 0 aliphatic heterocycles. The minimum Gasteiger partial charge on any atom is -0.495 e. The third kappa shape index (κ3) is 4.15. The SMILES string of the molecule is COc1ccc(C(=O)OC(C)C(=O)NC(C)C)cc1N. The molecule has 0 heterocycles. The third-order valence-electron chi connectivity index (χ3n) is 2.55. The number of esters is 1. The Hall–Kier alpha value is -2.24. The fourth-order valence-electron chi connectivity index (χ4n) is 1.55. The molecule has 0 aliphatic rings. The standard InChI is InChI=1S/C14H20N2O4/c1-8(2)16-13(17)9(3)20-14(18)10-5-6-12(19-4)11(15)7-10/h5-9H,15H2,1-4H3,(H,16,17). The summed E-state index contributed by atoms with van der Waals surface area (Å²) < 4.78 is 10.1. The van der Waals surface area contributed by atoms with Gasteiger partial charge in [0.05, 0.1) is 18.4 Å². The summed E-state index contributed by atoms with van der Waals surface area (Å²) in [4.78, 5) is 23.6. The second-order valence-corrected chi connectivity index (χ2v) is 4.67. The molecule has 0 fully saturated rings. The van der Waals surface area contributed by atoms with Gasteiger partial charge in [-0.15, -0.1) is 0 Å². The number of rotatable bonds is 5. The molecule has 3 N–H and O–H groups in total. The smallest absolute Gasteiger partial charge is 0.338 e. The molecule has 0 saturated carbocycles. The van der Waals surface area contributed by atoms with Gasteiger partial charge in [0.15, 0.2) is 6.10 Å². The van der Waals surface area contributed by atoms with Gasteiger partial charge in [0.25, 0.3) is 5.91 Å². The molecule has 1 atom stereocenters. The van der Waals surface area contributed by atoms with Gasteiger partial charge >= 0.3 is 5.97 Å². The molecule has 0 aliphatic carbocycles. The topological polar surface area (TPSA) is 90.6 Å². The Morgan fingerprint density at radius 3 is 2.40 bits per heavy atom. The Kier molecular flexibility index (Phi) is 5.37. The van der Waals surface area contributed by atoms with Gasteiger partial charge in [0, 0.05) is 6.04 Å². The van der Waals surface area contributed by atoms with E-state index in [1.54, 1.807) is 6.07 Å². The fourth-order valence-corrected chi connectivity index (χ4v) is 1.55. The number of anilines is 1. The highest BCUT2D eigenvalue weighted by Gasteiger charge is 2.19. The number of methoxy groups -OCH3 is 1. The molecule has 0 radical (unpaired) electrons. The molecule has 20 heavy (non-hydrogen) atoms. The fraction of sp³-hybridized carbons (Fsp3) is 0.429. The number of hydrogen-bond donors (Lipinski definition) is 2. The average molecular weight is 280 g/mol. The first-order valence-corrected chi connectivity index (χ1v) is 6.30. The van der Waals surface area contributed by atoms with Crippen LogP contribution in [0.4, 0.5) is 5.69 Å². The van der Waals surface area contributed by atoms with E-state index in [0.29, 0.717) is 11.4 Å². The van der Waals surface area contributed by atoms with Crippen LogP contribution in [-0.2, 0) is 9.53 Å². The van der Waals surface area contributed by atoms with E-state index >= 15 is 0 Å². The summed E-state index contributed by atoms with van der Waals surface area (Å²) in [6.45, 7) is 5.18. The van der Waals surface area contributed by atoms with Gasteiger partial charge < -0.3 is 20.5 Å². The number of nitrogens with one attached hydrogen (secondary N) is 1. The van der Waals surface area contributed by atoms with E-state index in [0.717, 1.165) is 0 Å². The number of ether oxygens (including phenoxy) is 2. The van der Waals surface area contributed by atoms with Crippen molar-refractivity contribution in [3.63, 3.8) is 0 Å². The average Bonchev–Trinajstić information content (AvgIpc) is 2.37. The molecular weight excluding hydrogens is 260 g/mol. The minimum absolute atomic E-state index is 0.0136. The highest BCUT2D eigenvalue weighted by atomic mass is 16.5. The van der Waals surface area contributed by atoms with Crippen molar-refractivity contribution in [3.05, 3.63) is 23.8 Å². The Morgan fingerprint density at radius 1 is 1.25 bits per heavy atom. The van der Waals surface area contributed by atoms with Crippen molar-refractivity contribution in [3.8, 4) is 5.75 Å².